The number of aromatic nitrogens is 3. The standard InChI is InChI=1S/C24H25Cl2N5O2S2/c1-14(2)30-9-7-15(8-10-30)27-24(32)18-12-17(20-3-5-22(25)34-20)28-31(18)13-16-11-19(33-29-16)21-4-6-23(26)35-21/h3-6,11-12,14-15H,7-10,13H2,1-2H3,(H,27,32). The van der Waals surface area contributed by atoms with Gasteiger partial charge in [0.15, 0.2) is 5.76 Å². The van der Waals surface area contributed by atoms with E-state index in [1.165, 1.54) is 22.7 Å². The first-order valence-corrected chi connectivity index (χ1v) is 13.8. The third-order valence-electron chi connectivity index (χ3n) is 6.12. The lowest BCUT2D eigenvalue weighted by molar-refractivity contribution is 0.0890. The highest BCUT2D eigenvalue weighted by Gasteiger charge is 2.25. The minimum Gasteiger partial charge on any atom is -0.355 e. The van der Waals surface area contributed by atoms with Crippen LogP contribution in [0.1, 0.15) is 42.9 Å². The van der Waals surface area contributed by atoms with Crippen LogP contribution in [0.5, 0.6) is 0 Å². The van der Waals surface area contributed by atoms with E-state index in [1.807, 2.05) is 36.4 Å². The van der Waals surface area contributed by atoms with Crippen molar-refractivity contribution in [1.29, 1.82) is 0 Å². The number of carbonyl (C=O) groups excluding carboxylic acids is 1. The molecule has 5 rings (SSSR count). The lowest BCUT2D eigenvalue weighted by Gasteiger charge is -2.34. The number of nitrogens with zero attached hydrogens (tertiary/aromatic N) is 4. The summed E-state index contributed by atoms with van der Waals surface area (Å²) in [5.41, 5.74) is 1.86. The van der Waals surface area contributed by atoms with Crippen LogP contribution in [0.4, 0.5) is 0 Å². The fourth-order valence-corrected chi connectivity index (χ4v) is 6.20. The number of piperidine rings is 1. The highest BCUT2D eigenvalue weighted by Crippen LogP contribution is 2.33. The van der Waals surface area contributed by atoms with Crippen LogP contribution in [-0.2, 0) is 6.54 Å². The largest absolute Gasteiger partial charge is 0.355 e. The molecule has 0 unspecified atom stereocenters. The Balaban J connectivity index is 1.37. The Morgan fingerprint density at radius 1 is 1.11 bits per heavy atom. The molecular formula is C24H25Cl2N5O2S2. The normalized spacial score (nSPS) is 15.2. The van der Waals surface area contributed by atoms with Crippen molar-refractivity contribution in [3.05, 3.63) is 56.5 Å². The van der Waals surface area contributed by atoms with E-state index in [-0.39, 0.29) is 11.9 Å². The Hall–Kier alpha value is -2.17. The molecule has 1 fully saturated rings. The average Bonchev–Trinajstić information content (AvgIpc) is 3.62. The number of rotatable bonds is 7. The summed E-state index contributed by atoms with van der Waals surface area (Å²) >= 11 is 15.1. The van der Waals surface area contributed by atoms with Gasteiger partial charge in [-0.2, -0.15) is 5.10 Å². The number of amides is 1. The van der Waals surface area contributed by atoms with E-state index in [9.17, 15) is 4.79 Å². The van der Waals surface area contributed by atoms with Gasteiger partial charge < -0.3 is 14.7 Å². The van der Waals surface area contributed by atoms with Crippen LogP contribution in [0.25, 0.3) is 21.2 Å². The van der Waals surface area contributed by atoms with Crippen LogP contribution < -0.4 is 5.32 Å². The molecule has 4 aromatic heterocycles. The fourth-order valence-electron chi connectivity index (χ4n) is 4.21. The first kappa shape index (κ1) is 24.5. The molecule has 4 aromatic rings. The van der Waals surface area contributed by atoms with Crippen molar-refractivity contribution >= 4 is 51.8 Å². The molecule has 0 aliphatic carbocycles. The summed E-state index contributed by atoms with van der Waals surface area (Å²) < 4.78 is 8.56. The summed E-state index contributed by atoms with van der Waals surface area (Å²) in [5, 5.41) is 12.1. The van der Waals surface area contributed by atoms with Crippen LogP contribution in [0.3, 0.4) is 0 Å². The summed E-state index contributed by atoms with van der Waals surface area (Å²) in [7, 11) is 0. The summed E-state index contributed by atoms with van der Waals surface area (Å²) in [5.74, 6) is 0.500. The summed E-state index contributed by atoms with van der Waals surface area (Å²) in [6, 6.07) is 11.8. The second kappa shape index (κ2) is 10.4. The predicted octanol–water partition coefficient (Wildman–Crippen LogP) is 6.29. The van der Waals surface area contributed by atoms with E-state index in [0.717, 1.165) is 35.7 Å². The highest BCUT2D eigenvalue weighted by molar-refractivity contribution is 7.19. The molecule has 11 heteroatoms. The number of thiophene rings is 2. The SMILES string of the molecule is CC(C)N1CCC(NC(=O)c2cc(-c3ccc(Cl)s3)nn2Cc2cc(-c3ccc(Cl)s3)on2)CC1. The monoisotopic (exact) mass is 549 g/mol. The molecule has 0 atom stereocenters. The molecule has 0 aromatic carbocycles. The smallest absolute Gasteiger partial charge is 0.269 e. The van der Waals surface area contributed by atoms with Crippen LogP contribution in [0.15, 0.2) is 40.9 Å². The Bertz CT molecular complexity index is 1320. The van der Waals surface area contributed by atoms with Crippen LogP contribution in [-0.4, -0.2) is 50.9 Å². The fraction of sp³-hybridized carbons (Fsp3) is 0.375. The number of carbonyl (C=O) groups is 1. The van der Waals surface area contributed by atoms with E-state index in [4.69, 9.17) is 32.8 Å². The second-order valence-corrected chi connectivity index (χ2v) is 12.3. The van der Waals surface area contributed by atoms with E-state index in [0.29, 0.717) is 44.1 Å². The third kappa shape index (κ3) is 5.65. The zero-order valence-electron chi connectivity index (χ0n) is 19.3. The Kier molecular flexibility index (Phi) is 7.31. The van der Waals surface area contributed by atoms with Crippen molar-refractivity contribution in [1.82, 2.24) is 25.2 Å². The molecule has 5 heterocycles. The quantitative estimate of drug-likeness (QED) is 0.293. The Labute approximate surface area is 221 Å². The lowest BCUT2D eigenvalue weighted by Crippen LogP contribution is -2.46. The maximum absolute atomic E-state index is 13.4. The molecule has 1 saturated heterocycles. The molecule has 0 saturated carbocycles. The molecule has 7 nitrogen and oxygen atoms in total. The number of hydrogen-bond acceptors (Lipinski definition) is 7. The average molecular weight is 551 g/mol. The summed E-state index contributed by atoms with van der Waals surface area (Å²) in [6.45, 7) is 6.68. The van der Waals surface area contributed by atoms with Gasteiger partial charge in [-0.3, -0.25) is 9.48 Å². The number of likely N-dealkylation sites (tertiary alicyclic amines) is 1. The van der Waals surface area contributed by atoms with Gasteiger partial charge in [0, 0.05) is 31.2 Å². The van der Waals surface area contributed by atoms with Gasteiger partial charge in [-0.15, -0.1) is 22.7 Å². The Morgan fingerprint density at radius 2 is 1.80 bits per heavy atom. The highest BCUT2D eigenvalue weighted by atomic mass is 35.5. The third-order valence-corrected chi connectivity index (χ3v) is 8.62. The Morgan fingerprint density at radius 3 is 2.43 bits per heavy atom. The lowest BCUT2D eigenvalue weighted by atomic mass is 10.0. The van der Waals surface area contributed by atoms with Crippen LogP contribution >= 0.6 is 45.9 Å². The molecule has 0 radical (unpaired) electrons. The van der Waals surface area contributed by atoms with Gasteiger partial charge in [-0.05, 0) is 57.0 Å². The molecule has 0 bridgehead atoms. The van der Waals surface area contributed by atoms with Gasteiger partial charge in [-0.25, -0.2) is 0 Å². The molecule has 1 aliphatic heterocycles. The number of halogens is 2. The predicted molar refractivity (Wildman–Crippen MR) is 142 cm³/mol. The first-order chi connectivity index (χ1) is 16.9. The topological polar surface area (TPSA) is 76.2 Å². The minimum atomic E-state index is -0.136. The molecule has 35 heavy (non-hydrogen) atoms. The summed E-state index contributed by atoms with van der Waals surface area (Å²) in [6.07, 6.45) is 1.86. The molecule has 1 aliphatic rings. The second-order valence-electron chi connectivity index (χ2n) is 8.84. The van der Waals surface area contributed by atoms with Gasteiger partial charge >= 0.3 is 0 Å². The van der Waals surface area contributed by atoms with Crippen molar-refractivity contribution in [2.24, 2.45) is 0 Å². The minimum absolute atomic E-state index is 0.136. The van der Waals surface area contributed by atoms with E-state index < -0.39 is 0 Å². The molecule has 0 spiro atoms. The van der Waals surface area contributed by atoms with Gasteiger partial charge in [0.05, 0.1) is 25.0 Å². The van der Waals surface area contributed by atoms with Crippen molar-refractivity contribution < 1.29 is 9.32 Å². The number of hydrogen-bond donors (Lipinski definition) is 1. The van der Waals surface area contributed by atoms with Crippen molar-refractivity contribution in [3.63, 3.8) is 0 Å². The molecule has 184 valence electrons. The van der Waals surface area contributed by atoms with Gasteiger partial charge in [0.2, 0.25) is 0 Å². The van der Waals surface area contributed by atoms with E-state index in [1.54, 1.807) is 4.68 Å². The molecule has 1 N–H and O–H groups in total. The molecule has 1 amide bonds. The summed E-state index contributed by atoms with van der Waals surface area (Å²) in [4.78, 5) is 17.6. The van der Waals surface area contributed by atoms with Crippen molar-refractivity contribution in [3.8, 4) is 21.2 Å². The van der Waals surface area contributed by atoms with E-state index >= 15 is 0 Å². The van der Waals surface area contributed by atoms with E-state index in [2.05, 4.69) is 29.2 Å². The zero-order chi connectivity index (χ0) is 24.5. The molecular weight excluding hydrogens is 525 g/mol. The zero-order valence-corrected chi connectivity index (χ0v) is 22.5. The van der Waals surface area contributed by atoms with Crippen LogP contribution in [0.2, 0.25) is 8.67 Å². The first-order valence-electron chi connectivity index (χ1n) is 11.5. The van der Waals surface area contributed by atoms with Gasteiger partial charge in [0.25, 0.3) is 5.91 Å². The van der Waals surface area contributed by atoms with Crippen LogP contribution in [0, 0.1) is 0 Å². The van der Waals surface area contributed by atoms with Gasteiger partial charge in [0.1, 0.15) is 17.1 Å². The van der Waals surface area contributed by atoms with Crippen molar-refractivity contribution in [2.45, 2.75) is 45.3 Å². The maximum atomic E-state index is 13.4. The van der Waals surface area contributed by atoms with Crippen molar-refractivity contribution in [2.75, 3.05) is 13.1 Å². The van der Waals surface area contributed by atoms with Gasteiger partial charge in [-0.1, -0.05) is 28.4 Å². The maximum Gasteiger partial charge on any atom is 0.269 e. The number of nitrogens with one attached hydrogen (secondary N) is 1.